The van der Waals surface area contributed by atoms with Crippen LogP contribution in [-0.4, -0.2) is 11.7 Å². The first kappa shape index (κ1) is 12.6. The van der Waals surface area contributed by atoms with Crippen molar-refractivity contribution in [3.63, 3.8) is 0 Å². The third-order valence-electron chi connectivity index (χ3n) is 2.13. The molecule has 18 heavy (non-hydrogen) atoms. The molecule has 1 heterocycles. The van der Waals surface area contributed by atoms with E-state index >= 15 is 0 Å². The monoisotopic (exact) mass is 262 g/mol. The van der Waals surface area contributed by atoms with Crippen LogP contribution in [0.25, 0.3) is 0 Å². The van der Waals surface area contributed by atoms with Gasteiger partial charge in [-0.2, -0.15) is 0 Å². The van der Waals surface area contributed by atoms with Crippen molar-refractivity contribution in [2.75, 3.05) is 6.61 Å². The number of ether oxygens (including phenoxy) is 1. The van der Waals surface area contributed by atoms with Gasteiger partial charge in [-0.15, -0.1) is 11.3 Å². The second-order valence-electron chi connectivity index (χ2n) is 3.47. The fraction of sp³-hybridized carbons (Fsp3) is 0.143. The smallest absolute Gasteiger partial charge is 0.126 e. The molecule has 0 spiro atoms. The van der Waals surface area contributed by atoms with Gasteiger partial charge >= 0.3 is 0 Å². The van der Waals surface area contributed by atoms with Crippen LogP contribution in [0.1, 0.15) is 9.75 Å². The number of rotatable bonds is 3. The SMILES string of the molecule is OCC#Cc1ccc(COc2cccc(F)c2)s1. The van der Waals surface area contributed by atoms with Gasteiger partial charge < -0.3 is 9.84 Å². The van der Waals surface area contributed by atoms with Crippen molar-refractivity contribution in [1.29, 1.82) is 0 Å². The van der Waals surface area contributed by atoms with E-state index in [4.69, 9.17) is 9.84 Å². The van der Waals surface area contributed by atoms with E-state index in [9.17, 15) is 4.39 Å². The number of halogens is 1. The van der Waals surface area contributed by atoms with E-state index in [1.165, 1.54) is 23.5 Å². The molecule has 0 saturated carbocycles. The molecular weight excluding hydrogens is 251 g/mol. The zero-order chi connectivity index (χ0) is 12.8. The Labute approximate surface area is 109 Å². The van der Waals surface area contributed by atoms with Gasteiger partial charge in [-0.3, -0.25) is 0 Å². The summed E-state index contributed by atoms with van der Waals surface area (Å²) in [6.45, 7) is 0.238. The van der Waals surface area contributed by atoms with Gasteiger partial charge in [0.15, 0.2) is 0 Å². The lowest BCUT2D eigenvalue weighted by Gasteiger charge is -2.03. The lowest BCUT2D eigenvalue weighted by atomic mass is 10.3. The second-order valence-corrected chi connectivity index (χ2v) is 4.64. The van der Waals surface area contributed by atoms with Gasteiger partial charge in [0.05, 0.1) is 4.88 Å². The van der Waals surface area contributed by atoms with Gasteiger partial charge in [0, 0.05) is 10.9 Å². The maximum atomic E-state index is 12.9. The van der Waals surface area contributed by atoms with Crippen molar-refractivity contribution < 1.29 is 14.2 Å². The Hall–Kier alpha value is -1.83. The molecule has 2 aromatic rings. The first-order valence-corrected chi connectivity index (χ1v) is 6.16. The van der Waals surface area contributed by atoms with Gasteiger partial charge in [0.2, 0.25) is 0 Å². The average molecular weight is 262 g/mol. The highest BCUT2D eigenvalue weighted by atomic mass is 32.1. The highest BCUT2D eigenvalue weighted by molar-refractivity contribution is 7.12. The van der Waals surface area contributed by atoms with Gasteiger partial charge in [0.1, 0.15) is 24.8 Å². The fourth-order valence-corrected chi connectivity index (χ4v) is 2.16. The molecule has 1 aromatic heterocycles. The van der Waals surface area contributed by atoms with Crippen LogP contribution in [0.4, 0.5) is 4.39 Å². The summed E-state index contributed by atoms with van der Waals surface area (Å²) in [5.74, 6) is 5.60. The number of aliphatic hydroxyl groups excluding tert-OH is 1. The predicted octanol–water partition coefficient (Wildman–Crippen LogP) is 2.81. The molecule has 0 aliphatic rings. The van der Waals surface area contributed by atoms with Crippen molar-refractivity contribution in [2.24, 2.45) is 0 Å². The van der Waals surface area contributed by atoms with Gasteiger partial charge in [0.25, 0.3) is 0 Å². The molecule has 0 fully saturated rings. The molecule has 1 aromatic carbocycles. The summed E-state index contributed by atoms with van der Waals surface area (Å²) in [7, 11) is 0. The van der Waals surface area contributed by atoms with E-state index in [0.717, 1.165) is 9.75 Å². The second kappa shape index (κ2) is 6.20. The fourth-order valence-electron chi connectivity index (χ4n) is 1.36. The van der Waals surface area contributed by atoms with E-state index < -0.39 is 0 Å². The Balaban J connectivity index is 1.96. The molecule has 1 N–H and O–H groups in total. The Morgan fingerprint density at radius 1 is 1.28 bits per heavy atom. The normalized spacial score (nSPS) is 9.67. The predicted molar refractivity (Wildman–Crippen MR) is 69.0 cm³/mol. The third kappa shape index (κ3) is 3.59. The summed E-state index contributed by atoms with van der Waals surface area (Å²) in [5.41, 5.74) is 0. The molecule has 92 valence electrons. The molecule has 0 atom stereocenters. The van der Waals surface area contributed by atoms with Crippen LogP contribution in [0.3, 0.4) is 0 Å². The zero-order valence-electron chi connectivity index (χ0n) is 9.52. The van der Waals surface area contributed by atoms with Crippen molar-refractivity contribution >= 4 is 11.3 Å². The summed E-state index contributed by atoms with van der Waals surface area (Å²) >= 11 is 1.49. The van der Waals surface area contributed by atoms with Crippen LogP contribution < -0.4 is 4.74 Å². The summed E-state index contributed by atoms with van der Waals surface area (Å²) < 4.78 is 18.4. The van der Waals surface area contributed by atoms with E-state index in [1.807, 2.05) is 12.1 Å². The number of aliphatic hydroxyl groups is 1. The summed E-state index contributed by atoms with van der Waals surface area (Å²) in [4.78, 5) is 1.88. The maximum absolute atomic E-state index is 12.9. The summed E-state index contributed by atoms with van der Waals surface area (Å²) in [5, 5.41) is 8.58. The van der Waals surface area contributed by atoms with E-state index in [-0.39, 0.29) is 12.4 Å². The first-order valence-electron chi connectivity index (χ1n) is 5.35. The molecule has 0 amide bonds. The van der Waals surface area contributed by atoms with Gasteiger partial charge in [-0.1, -0.05) is 17.9 Å². The average Bonchev–Trinajstić information content (AvgIpc) is 2.82. The number of benzene rings is 1. The van der Waals surface area contributed by atoms with E-state index in [2.05, 4.69) is 11.8 Å². The van der Waals surface area contributed by atoms with Crippen LogP contribution in [0.15, 0.2) is 36.4 Å². The van der Waals surface area contributed by atoms with Gasteiger partial charge in [-0.05, 0) is 24.3 Å². The minimum Gasteiger partial charge on any atom is -0.488 e. The highest BCUT2D eigenvalue weighted by Crippen LogP contribution is 2.19. The molecule has 0 aliphatic carbocycles. The summed E-state index contributed by atoms with van der Waals surface area (Å²) in [6, 6.07) is 9.82. The molecular formula is C14H11FO2S. The molecule has 0 aliphatic heterocycles. The lowest BCUT2D eigenvalue weighted by Crippen LogP contribution is -1.92. The maximum Gasteiger partial charge on any atom is 0.126 e. The van der Waals surface area contributed by atoms with Gasteiger partial charge in [-0.25, -0.2) is 4.39 Å². The van der Waals surface area contributed by atoms with Crippen molar-refractivity contribution in [3.05, 3.63) is 52.0 Å². The van der Waals surface area contributed by atoms with Crippen LogP contribution in [0.5, 0.6) is 5.75 Å². The number of thiophene rings is 1. The lowest BCUT2D eigenvalue weighted by molar-refractivity contribution is 0.308. The standard InChI is InChI=1S/C14H11FO2S/c15-11-3-1-4-12(9-11)17-10-14-7-6-13(18-14)5-2-8-16/h1,3-4,6-7,9,16H,8,10H2. The first-order chi connectivity index (χ1) is 8.78. The Morgan fingerprint density at radius 3 is 2.94 bits per heavy atom. The molecule has 2 nitrogen and oxygen atoms in total. The quantitative estimate of drug-likeness (QED) is 0.862. The summed E-state index contributed by atoms with van der Waals surface area (Å²) in [6.07, 6.45) is 0. The third-order valence-corrected chi connectivity index (χ3v) is 3.10. The zero-order valence-corrected chi connectivity index (χ0v) is 10.3. The molecule has 0 bridgehead atoms. The molecule has 0 unspecified atom stereocenters. The van der Waals surface area contributed by atoms with Crippen LogP contribution in [-0.2, 0) is 6.61 Å². The van der Waals surface area contributed by atoms with E-state index in [1.54, 1.807) is 12.1 Å². The largest absolute Gasteiger partial charge is 0.488 e. The Morgan fingerprint density at radius 2 is 2.17 bits per heavy atom. The minimum atomic E-state index is -0.312. The number of hydrogen-bond acceptors (Lipinski definition) is 3. The number of hydrogen-bond donors (Lipinski definition) is 1. The van der Waals surface area contributed by atoms with Crippen molar-refractivity contribution in [1.82, 2.24) is 0 Å². The van der Waals surface area contributed by atoms with Crippen LogP contribution in [0.2, 0.25) is 0 Å². The molecule has 0 saturated heterocycles. The van der Waals surface area contributed by atoms with E-state index in [0.29, 0.717) is 12.4 Å². The van der Waals surface area contributed by atoms with Crippen molar-refractivity contribution in [3.8, 4) is 17.6 Å². The molecule has 0 radical (unpaired) electrons. The Bertz CT molecular complexity index is 581. The van der Waals surface area contributed by atoms with Crippen LogP contribution in [0, 0.1) is 17.7 Å². The minimum absolute atomic E-state index is 0.146. The molecule has 2 rings (SSSR count). The highest BCUT2D eigenvalue weighted by Gasteiger charge is 2.00. The van der Waals surface area contributed by atoms with Crippen LogP contribution >= 0.6 is 11.3 Å². The molecule has 4 heteroatoms. The Kier molecular flexibility index (Phi) is 4.35. The topological polar surface area (TPSA) is 29.5 Å². The van der Waals surface area contributed by atoms with Crippen molar-refractivity contribution in [2.45, 2.75) is 6.61 Å².